The van der Waals surface area contributed by atoms with Gasteiger partial charge in [-0.15, -0.1) is 4.99 Å². The first kappa shape index (κ1) is 25.5. The highest BCUT2D eigenvalue weighted by Crippen LogP contribution is 2.29. The van der Waals surface area contributed by atoms with E-state index < -0.39 is 5.97 Å². The lowest BCUT2D eigenvalue weighted by Gasteiger charge is -2.26. The van der Waals surface area contributed by atoms with Crippen molar-refractivity contribution in [2.24, 2.45) is 4.99 Å². The molecule has 8 heteroatoms. The van der Waals surface area contributed by atoms with Gasteiger partial charge in [-0.05, 0) is 47.4 Å². The Morgan fingerprint density at radius 3 is 2.43 bits per heavy atom. The lowest BCUT2D eigenvalue weighted by Crippen LogP contribution is -2.38. The van der Waals surface area contributed by atoms with Crippen LogP contribution in [0.2, 0.25) is 0 Å². The van der Waals surface area contributed by atoms with E-state index in [0.29, 0.717) is 18.1 Å². The quantitative estimate of drug-likeness (QED) is 0.226. The maximum atomic E-state index is 11.6. The predicted molar refractivity (Wildman–Crippen MR) is 147 cm³/mol. The van der Waals surface area contributed by atoms with Gasteiger partial charge in [0.1, 0.15) is 5.82 Å². The van der Waals surface area contributed by atoms with Crippen LogP contribution in [0.25, 0.3) is 22.2 Å². The van der Waals surface area contributed by atoms with E-state index in [9.17, 15) is 9.90 Å². The van der Waals surface area contributed by atoms with Gasteiger partial charge >= 0.3 is 5.97 Å². The number of nitrogens with zero attached hydrogens (tertiary/aromatic N) is 6. The molecule has 0 saturated heterocycles. The van der Waals surface area contributed by atoms with Crippen molar-refractivity contribution < 1.29 is 9.90 Å². The van der Waals surface area contributed by atoms with Crippen molar-refractivity contribution in [1.29, 1.82) is 5.26 Å². The number of nitriles is 1. The van der Waals surface area contributed by atoms with Crippen LogP contribution in [0, 0.1) is 18.4 Å². The van der Waals surface area contributed by atoms with Gasteiger partial charge in [-0.2, -0.15) is 5.26 Å². The van der Waals surface area contributed by atoms with Crippen LogP contribution in [0.15, 0.2) is 65.7 Å². The SMILES string of the molecule is CCc1nc2c(C)cc(N(C)C(=NC#N)N(C)C)cc2n1Cc1ccc(-c2ccccc2C(=O)O)cc1. The second kappa shape index (κ2) is 10.5. The summed E-state index contributed by atoms with van der Waals surface area (Å²) in [6.45, 7) is 4.76. The Bertz CT molecular complexity index is 1530. The first-order chi connectivity index (χ1) is 17.7. The van der Waals surface area contributed by atoms with Crippen LogP contribution in [0.3, 0.4) is 0 Å². The smallest absolute Gasteiger partial charge is 0.336 e. The normalized spacial score (nSPS) is 11.4. The Morgan fingerprint density at radius 1 is 1.11 bits per heavy atom. The number of carbonyl (C=O) groups is 1. The molecule has 0 fully saturated rings. The zero-order valence-electron chi connectivity index (χ0n) is 21.7. The first-order valence-electron chi connectivity index (χ1n) is 12.0. The number of hydrogen-bond donors (Lipinski definition) is 1. The molecule has 0 unspecified atom stereocenters. The Balaban J connectivity index is 1.74. The molecule has 0 aliphatic carbocycles. The highest BCUT2D eigenvalue weighted by molar-refractivity contribution is 5.98. The Labute approximate surface area is 216 Å². The molecule has 4 aromatic rings. The van der Waals surface area contributed by atoms with Crippen LogP contribution < -0.4 is 4.90 Å². The van der Waals surface area contributed by atoms with E-state index in [-0.39, 0.29) is 5.56 Å². The monoisotopic (exact) mass is 494 g/mol. The largest absolute Gasteiger partial charge is 0.478 e. The molecule has 1 N–H and O–H groups in total. The second-order valence-electron chi connectivity index (χ2n) is 9.11. The molecule has 0 atom stereocenters. The molecular formula is C29H30N6O2. The molecule has 188 valence electrons. The van der Waals surface area contributed by atoms with Gasteiger partial charge in [-0.3, -0.25) is 0 Å². The standard InChI is InChI=1S/C29H30N6O2/c1-6-26-32-27-19(2)15-22(34(5)29(31-18-30)33(3)4)16-25(27)35(26)17-20-11-13-21(14-12-20)23-9-7-8-10-24(23)28(36)37/h7-16H,6,17H2,1-5H3,(H,36,37). The molecule has 0 bridgehead atoms. The van der Waals surface area contributed by atoms with Crippen molar-refractivity contribution in [3.8, 4) is 17.3 Å². The van der Waals surface area contributed by atoms with Crippen molar-refractivity contribution in [1.82, 2.24) is 14.5 Å². The molecule has 1 heterocycles. The summed E-state index contributed by atoms with van der Waals surface area (Å²) in [6.07, 6.45) is 2.67. The number of aromatic carboxylic acids is 1. The van der Waals surface area contributed by atoms with Crippen molar-refractivity contribution in [2.75, 3.05) is 26.0 Å². The van der Waals surface area contributed by atoms with E-state index in [1.165, 1.54) is 0 Å². The predicted octanol–water partition coefficient (Wildman–Crippen LogP) is 5.16. The van der Waals surface area contributed by atoms with Crippen molar-refractivity contribution >= 4 is 28.6 Å². The zero-order chi connectivity index (χ0) is 26.7. The van der Waals surface area contributed by atoms with Gasteiger partial charge in [-0.25, -0.2) is 9.78 Å². The van der Waals surface area contributed by atoms with Crippen LogP contribution in [0.1, 0.15) is 34.2 Å². The van der Waals surface area contributed by atoms with Crippen LogP contribution in [0.5, 0.6) is 0 Å². The minimum atomic E-state index is -0.939. The zero-order valence-corrected chi connectivity index (χ0v) is 21.7. The second-order valence-corrected chi connectivity index (χ2v) is 9.11. The van der Waals surface area contributed by atoms with Crippen LogP contribution in [-0.4, -0.2) is 52.6 Å². The lowest BCUT2D eigenvalue weighted by atomic mass is 9.99. The average Bonchev–Trinajstić information content (AvgIpc) is 3.25. The third-order valence-corrected chi connectivity index (χ3v) is 6.42. The Kier molecular flexibility index (Phi) is 7.25. The molecule has 0 saturated carbocycles. The van der Waals surface area contributed by atoms with Gasteiger partial charge < -0.3 is 19.5 Å². The highest BCUT2D eigenvalue weighted by Gasteiger charge is 2.18. The number of guanidine groups is 1. The number of benzene rings is 3. The van der Waals surface area contributed by atoms with E-state index in [0.717, 1.165) is 45.7 Å². The summed E-state index contributed by atoms with van der Waals surface area (Å²) in [7, 11) is 5.61. The topological polar surface area (TPSA) is 97.8 Å². The number of carboxylic acids is 1. The molecular weight excluding hydrogens is 464 g/mol. The van der Waals surface area contributed by atoms with Crippen LogP contribution in [0.4, 0.5) is 5.69 Å². The Hall–Kier alpha value is -4.64. The maximum absolute atomic E-state index is 11.6. The molecule has 8 nitrogen and oxygen atoms in total. The molecule has 4 rings (SSSR count). The molecule has 0 radical (unpaired) electrons. The average molecular weight is 495 g/mol. The number of aromatic nitrogens is 2. The molecule has 1 aromatic heterocycles. The van der Waals surface area contributed by atoms with E-state index in [2.05, 4.69) is 28.6 Å². The van der Waals surface area contributed by atoms with Crippen molar-refractivity contribution in [3.05, 3.63) is 83.2 Å². The molecule has 0 spiro atoms. The van der Waals surface area contributed by atoms with E-state index in [1.54, 1.807) is 12.1 Å². The van der Waals surface area contributed by atoms with Gasteiger partial charge in [-0.1, -0.05) is 49.4 Å². The van der Waals surface area contributed by atoms with Crippen molar-refractivity contribution in [3.63, 3.8) is 0 Å². The first-order valence-corrected chi connectivity index (χ1v) is 12.0. The lowest BCUT2D eigenvalue weighted by molar-refractivity contribution is 0.0697. The summed E-state index contributed by atoms with van der Waals surface area (Å²) in [5, 5.41) is 18.7. The van der Waals surface area contributed by atoms with E-state index in [1.807, 2.05) is 80.5 Å². The van der Waals surface area contributed by atoms with Gasteiger partial charge in [0.05, 0.1) is 16.6 Å². The minimum Gasteiger partial charge on any atom is -0.478 e. The summed E-state index contributed by atoms with van der Waals surface area (Å²) >= 11 is 0. The number of carboxylic acid groups (broad SMARTS) is 1. The molecule has 0 amide bonds. The number of imidazole rings is 1. The molecule has 3 aromatic carbocycles. The number of rotatable bonds is 6. The molecule has 37 heavy (non-hydrogen) atoms. The van der Waals surface area contributed by atoms with Gasteiger partial charge in [0.2, 0.25) is 12.2 Å². The van der Waals surface area contributed by atoms with Gasteiger partial charge in [0.15, 0.2) is 0 Å². The van der Waals surface area contributed by atoms with Crippen molar-refractivity contribution in [2.45, 2.75) is 26.8 Å². The molecule has 0 aliphatic heterocycles. The fraction of sp³-hybridized carbons (Fsp3) is 0.241. The number of anilines is 1. The van der Waals surface area contributed by atoms with Gasteiger partial charge in [0, 0.05) is 39.8 Å². The highest BCUT2D eigenvalue weighted by atomic mass is 16.4. The van der Waals surface area contributed by atoms with Gasteiger partial charge in [0.25, 0.3) is 0 Å². The summed E-state index contributed by atoms with van der Waals surface area (Å²) in [4.78, 5) is 24.3. The van der Waals surface area contributed by atoms with E-state index in [4.69, 9.17) is 10.2 Å². The Morgan fingerprint density at radius 2 is 1.81 bits per heavy atom. The number of aryl methyl sites for hydroxylation is 2. The fourth-order valence-corrected chi connectivity index (χ4v) is 4.59. The summed E-state index contributed by atoms with van der Waals surface area (Å²) in [5.41, 5.74) is 6.85. The maximum Gasteiger partial charge on any atom is 0.336 e. The summed E-state index contributed by atoms with van der Waals surface area (Å²) in [6, 6.07) is 19.2. The van der Waals surface area contributed by atoms with E-state index >= 15 is 0 Å². The number of aliphatic imine (C=N–C) groups is 1. The summed E-state index contributed by atoms with van der Waals surface area (Å²) < 4.78 is 2.22. The van der Waals surface area contributed by atoms with Crippen LogP contribution >= 0.6 is 0 Å². The third-order valence-electron chi connectivity index (χ3n) is 6.42. The summed E-state index contributed by atoms with van der Waals surface area (Å²) in [5.74, 6) is 0.586. The number of hydrogen-bond acceptors (Lipinski definition) is 4. The van der Waals surface area contributed by atoms with Crippen LogP contribution in [-0.2, 0) is 13.0 Å². The fourth-order valence-electron chi connectivity index (χ4n) is 4.59. The minimum absolute atomic E-state index is 0.285. The number of fused-ring (bicyclic) bond motifs is 1. The third kappa shape index (κ3) is 5.02. The molecule has 0 aliphatic rings.